The molecule has 0 saturated carbocycles. The quantitative estimate of drug-likeness (QED) is 0.0311. The van der Waals surface area contributed by atoms with Crippen LogP contribution in [0, 0.1) is 0 Å². The molecule has 0 saturated heterocycles. The fourth-order valence-electron chi connectivity index (χ4n) is 4.81. The lowest BCUT2D eigenvalue weighted by Gasteiger charge is -2.20. The van der Waals surface area contributed by atoms with E-state index in [1.807, 2.05) is 0 Å². The fraction of sp³-hybridized carbons (Fsp3) is 0.912. The SMILES string of the molecule is CCCCCCCCC/C=C\CCCCCCCCCC(=O)OC(COCCCCCCCC)COP(=O)(O)OCCN. The van der Waals surface area contributed by atoms with Gasteiger partial charge in [0.15, 0.2) is 0 Å². The summed E-state index contributed by atoms with van der Waals surface area (Å²) < 4.78 is 33.0. The summed E-state index contributed by atoms with van der Waals surface area (Å²) in [6, 6.07) is 0. The zero-order chi connectivity index (χ0) is 31.7. The molecule has 0 aromatic carbocycles. The number of ether oxygens (including phenoxy) is 2. The first-order valence-electron chi connectivity index (χ1n) is 17.7. The monoisotopic (exact) mass is 633 g/mol. The number of hydrogen-bond donors (Lipinski definition) is 2. The Balaban J connectivity index is 3.98. The first kappa shape index (κ1) is 42.2. The molecule has 0 radical (unpaired) electrons. The Bertz CT molecular complexity index is 677. The lowest BCUT2D eigenvalue weighted by atomic mass is 10.1. The Hall–Kier alpha value is -0.760. The highest BCUT2D eigenvalue weighted by molar-refractivity contribution is 7.47. The van der Waals surface area contributed by atoms with Crippen molar-refractivity contribution in [1.29, 1.82) is 0 Å². The van der Waals surface area contributed by atoms with E-state index in [4.69, 9.17) is 24.3 Å². The molecule has 0 aliphatic heterocycles. The first-order chi connectivity index (χ1) is 20.9. The van der Waals surface area contributed by atoms with E-state index in [-0.39, 0.29) is 32.3 Å². The Morgan fingerprint density at radius 3 is 1.70 bits per heavy atom. The summed E-state index contributed by atoms with van der Waals surface area (Å²) in [6.45, 7) is 4.87. The van der Waals surface area contributed by atoms with Crippen molar-refractivity contribution < 1.29 is 32.8 Å². The molecule has 2 atom stereocenters. The number of carbonyl (C=O) groups excluding carboxylic acids is 1. The third kappa shape index (κ3) is 32.4. The second kappa shape index (κ2) is 32.6. The van der Waals surface area contributed by atoms with Gasteiger partial charge < -0.3 is 20.1 Å². The van der Waals surface area contributed by atoms with Gasteiger partial charge in [0.25, 0.3) is 0 Å². The van der Waals surface area contributed by atoms with E-state index in [0.29, 0.717) is 13.0 Å². The lowest BCUT2D eigenvalue weighted by molar-refractivity contribution is -0.154. The van der Waals surface area contributed by atoms with Gasteiger partial charge in [0.2, 0.25) is 0 Å². The molecule has 0 aromatic heterocycles. The van der Waals surface area contributed by atoms with Gasteiger partial charge in [-0.3, -0.25) is 13.8 Å². The van der Waals surface area contributed by atoms with E-state index in [2.05, 4.69) is 26.0 Å². The smallest absolute Gasteiger partial charge is 0.457 e. The number of rotatable bonds is 34. The number of nitrogens with two attached hydrogens (primary N) is 1. The number of carbonyl (C=O) groups is 1. The summed E-state index contributed by atoms with van der Waals surface area (Å²) in [5.41, 5.74) is 5.32. The molecular weight excluding hydrogens is 565 g/mol. The second-order valence-electron chi connectivity index (χ2n) is 11.7. The molecule has 0 aromatic rings. The summed E-state index contributed by atoms with van der Waals surface area (Å²) in [6.07, 6.45) is 31.0. The Kier molecular flexibility index (Phi) is 32.1. The number of esters is 1. The molecule has 0 amide bonds. The van der Waals surface area contributed by atoms with Gasteiger partial charge in [-0.2, -0.15) is 0 Å². The molecule has 0 rings (SSSR count). The molecule has 0 aliphatic carbocycles. The molecule has 0 spiro atoms. The van der Waals surface area contributed by atoms with Crippen LogP contribution in [-0.4, -0.2) is 49.9 Å². The predicted octanol–water partition coefficient (Wildman–Crippen LogP) is 9.58. The van der Waals surface area contributed by atoms with Crippen LogP contribution in [0.1, 0.15) is 162 Å². The Morgan fingerprint density at radius 2 is 1.16 bits per heavy atom. The molecule has 0 aliphatic rings. The number of phosphoric ester groups is 1. The molecule has 0 fully saturated rings. The van der Waals surface area contributed by atoms with Crippen molar-refractivity contribution in [2.75, 3.05) is 33.0 Å². The second-order valence-corrected chi connectivity index (χ2v) is 13.2. The highest BCUT2D eigenvalue weighted by Crippen LogP contribution is 2.43. The van der Waals surface area contributed by atoms with E-state index < -0.39 is 13.9 Å². The van der Waals surface area contributed by atoms with Gasteiger partial charge in [-0.1, -0.05) is 129 Å². The molecule has 43 heavy (non-hydrogen) atoms. The number of unbranched alkanes of at least 4 members (excludes halogenated alkanes) is 19. The fourth-order valence-corrected chi connectivity index (χ4v) is 5.58. The van der Waals surface area contributed by atoms with Gasteiger partial charge in [0, 0.05) is 19.6 Å². The maximum Gasteiger partial charge on any atom is 0.472 e. The van der Waals surface area contributed by atoms with Crippen LogP contribution in [0.15, 0.2) is 12.2 Å². The Morgan fingerprint density at radius 1 is 0.674 bits per heavy atom. The van der Waals surface area contributed by atoms with Crippen molar-refractivity contribution in [3.63, 3.8) is 0 Å². The average Bonchev–Trinajstić information content (AvgIpc) is 2.99. The van der Waals surface area contributed by atoms with Gasteiger partial charge in [-0.25, -0.2) is 4.57 Å². The van der Waals surface area contributed by atoms with Gasteiger partial charge in [-0.15, -0.1) is 0 Å². The van der Waals surface area contributed by atoms with E-state index in [1.165, 1.54) is 109 Å². The maximum absolute atomic E-state index is 12.4. The molecular formula is C34H68NO7P. The average molecular weight is 634 g/mol. The zero-order valence-electron chi connectivity index (χ0n) is 28.0. The van der Waals surface area contributed by atoms with E-state index in [9.17, 15) is 14.3 Å². The summed E-state index contributed by atoms with van der Waals surface area (Å²) in [5, 5.41) is 0. The van der Waals surface area contributed by atoms with Crippen molar-refractivity contribution >= 4 is 13.8 Å². The van der Waals surface area contributed by atoms with Gasteiger partial charge in [0.1, 0.15) is 6.10 Å². The minimum Gasteiger partial charge on any atom is -0.457 e. The van der Waals surface area contributed by atoms with Gasteiger partial charge in [-0.05, 0) is 38.5 Å². The normalized spacial score (nSPS) is 13.9. The third-order valence-corrected chi connectivity index (χ3v) is 8.42. The molecule has 3 N–H and O–H groups in total. The molecule has 8 nitrogen and oxygen atoms in total. The number of hydrogen-bond acceptors (Lipinski definition) is 7. The van der Waals surface area contributed by atoms with Crippen molar-refractivity contribution in [2.24, 2.45) is 5.73 Å². The van der Waals surface area contributed by atoms with Crippen LogP contribution in [0.3, 0.4) is 0 Å². The maximum atomic E-state index is 12.4. The molecule has 9 heteroatoms. The lowest BCUT2D eigenvalue weighted by Crippen LogP contribution is -2.28. The Labute approximate surface area is 264 Å². The standard InChI is InChI=1S/C34H68NO7P/c1-3-5-7-9-11-12-13-14-15-16-17-18-19-20-21-22-23-25-27-34(36)42-33(32-41-43(37,38)40-30-28-35)31-39-29-26-24-10-8-6-4-2/h15-16,33H,3-14,17-32,35H2,1-2H3,(H,37,38)/b16-15-. The third-order valence-electron chi connectivity index (χ3n) is 7.43. The minimum atomic E-state index is -4.25. The van der Waals surface area contributed by atoms with Gasteiger partial charge >= 0.3 is 13.8 Å². The summed E-state index contributed by atoms with van der Waals surface area (Å²) in [5.74, 6) is -0.337. The molecule has 256 valence electrons. The predicted molar refractivity (Wildman–Crippen MR) is 178 cm³/mol. The van der Waals surface area contributed by atoms with Crippen LogP contribution in [0.2, 0.25) is 0 Å². The molecule has 0 bridgehead atoms. The van der Waals surface area contributed by atoms with Crippen LogP contribution in [0.5, 0.6) is 0 Å². The molecule has 2 unspecified atom stereocenters. The van der Waals surface area contributed by atoms with Gasteiger partial charge in [0.05, 0.1) is 19.8 Å². The number of phosphoric acid groups is 1. The summed E-state index contributed by atoms with van der Waals surface area (Å²) >= 11 is 0. The van der Waals surface area contributed by atoms with Crippen molar-refractivity contribution in [3.05, 3.63) is 12.2 Å². The van der Waals surface area contributed by atoms with Crippen molar-refractivity contribution in [3.8, 4) is 0 Å². The van der Waals surface area contributed by atoms with Crippen LogP contribution in [0.4, 0.5) is 0 Å². The van der Waals surface area contributed by atoms with E-state index >= 15 is 0 Å². The topological polar surface area (TPSA) is 117 Å². The van der Waals surface area contributed by atoms with Crippen LogP contribution < -0.4 is 5.73 Å². The first-order valence-corrected chi connectivity index (χ1v) is 19.2. The van der Waals surface area contributed by atoms with Crippen LogP contribution >= 0.6 is 7.82 Å². The highest BCUT2D eigenvalue weighted by Gasteiger charge is 2.25. The minimum absolute atomic E-state index is 0.0941. The zero-order valence-corrected chi connectivity index (χ0v) is 28.8. The summed E-state index contributed by atoms with van der Waals surface area (Å²) in [4.78, 5) is 22.2. The molecule has 0 heterocycles. The van der Waals surface area contributed by atoms with Crippen LogP contribution in [0.25, 0.3) is 0 Å². The number of allylic oxidation sites excluding steroid dienone is 2. The van der Waals surface area contributed by atoms with E-state index in [1.54, 1.807) is 0 Å². The summed E-state index contributed by atoms with van der Waals surface area (Å²) in [7, 11) is -4.25. The van der Waals surface area contributed by atoms with Crippen molar-refractivity contribution in [1.82, 2.24) is 0 Å². The largest absolute Gasteiger partial charge is 0.472 e. The van der Waals surface area contributed by atoms with Crippen molar-refractivity contribution in [2.45, 2.75) is 168 Å². The highest BCUT2D eigenvalue weighted by atomic mass is 31.2. The van der Waals surface area contributed by atoms with E-state index in [0.717, 1.165) is 32.1 Å². The van der Waals surface area contributed by atoms with Crippen LogP contribution in [-0.2, 0) is 27.9 Å².